The molecule has 0 aliphatic heterocycles. The fourth-order valence-corrected chi connectivity index (χ4v) is 3.04. The van der Waals surface area contributed by atoms with E-state index in [1.54, 1.807) is 16.8 Å². The molecule has 32 heavy (non-hydrogen) atoms. The minimum atomic E-state index is -0.453. The van der Waals surface area contributed by atoms with E-state index in [9.17, 15) is 10.1 Å². The number of hydrogen-bond acceptors (Lipinski definition) is 4. The highest BCUT2D eigenvalue weighted by Crippen LogP contribution is 2.27. The van der Waals surface area contributed by atoms with Crippen LogP contribution in [0.4, 0.5) is 0 Å². The molecule has 0 atom stereocenters. The molecule has 0 saturated carbocycles. The summed E-state index contributed by atoms with van der Waals surface area (Å²) in [6.45, 7) is 6.67. The average molecular weight is 427 g/mol. The standard InChI is InChI=1S/C26H26N4O2/c1-3-5-16-32-24-13-11-20(12-14-24)25-22(17-21(18-27)26(31)28-15-4-2)19-30(29-25)23-9-7-6-8-10-23/h4,6-14,17,19H,2-3,5,15-16H2,1H3,(H,28,31). The van der Waals surface area contributed by atoms with Gasteiger partial charge in [-0.1, -0.05) is 37.6 Å². The molecule has 6 nitrogen and oxygen atoms in total. The molecule has 0 aliphatic rings. The molecule has 2 aromatic carbocycles. The van der Waals surface area contributed by atoms with E-state index in [1.807, 2.05) is 66.9 Å². The number of benzene rings is 2. The Bertz CT molecular complexity index is 1120. The third kappa shape index (κ3) is 5.73. The van der Waals surface area contributed by atoms with Crippen molar-refractivity contribution in [2.75, 3.05) is 13.2 Å². The third-order valence-corrected chi connectivity index (χ3v) is 4.73. The van der Waals surface area contributed by atoms with Crippen molar-refractivity contribution in [3.8, 4) is 28.8 Å². The van der Waals surface area contributed by atoms with E-state index in [2.05, 4.69) is 18.8 Å². The van der Waals surface area contributed by atoms with Gasteiger partial charge in [-0.2, -0.15) is 10.4 Å². The Morgan fingerprint density at radius 1 is 1.22 bits per heavy atom. The van der Waals surface area contributed by atoms with Crippen LogP contribution in [0.1, 0.15) is 25.3 Å². The van der Waals surface area contributed by atoms with Crippen LogP contribution in [0.2, 0.25) is 0 Å². The Balaban J connectivity index is 1.99. The number of carbonyl (C=O) groups excluding carboxylic acids is 1. The summed E-state index contributed by atoms with van der Waals surface area (Å²) in [6, 6.07) is 19.3. The summed E-state index contributed by atoms with van der Waals surface area (Å²) in [5.41, 5.74) is 3.07. The zero-order valence-corrected chi connectivity index (χ0v) is 18.1. The van der Waals surface area contributed by atoms with Crippen molar-refractivity contribution in [2.45, 2.75) is 19.8 Å². The van der Waals surface area contributed by atoms with Crippen LogP contribution in [0.15, 0.2) is 79.0 Å². The van der Waals surface area contributed by atoms with E-state index in [1.165, 1.54) is 0 Å². The maximum absolute atomic E-state index is 12.3. The molecule has 0 saturated heterocycles. The van der Waals surface area contributed by atoms with Gasteiger partial charge in [0, 0.05) is 23.9 Å². The predicted molar refractivity (Wildman–Crippen MR) is 126 cm³/mol. The highest BCUT2D eigenvalue weighted by Gasteiger charge is 2.15. The molecule has 1 aromatic heterocycles. The minimum Gasteiger partial charge on any atom is -0.494 e. The van der Waals surface area contributed by atoms with Crippen LogP contribution in [-0.2, 0) is 4.79 Å². The van der Waals surface area contributed by atoms with Crippen LogP contribution >= 0.6 is 0 Å². The predicted octanol–water partition coefficient (Wildman–Crippen LogP) is 4.93. The number of unbranched alkanes of at least 4 members (excludes halogenated alkanes) is 1. The van der Waals surface area contributed by atoms with E-state index in [0.29, 0.717) is 17.9 Å². The molecule has 1 heterocycles. The first kappa shape index (κ1) is 22.6. The van der Waals surface area contributed by atoms with E-state index in [0.717, 1.165) is 29.8 Å². The number of nitrogens with zero attached hydrogens (tertiary/aromatic N) is 3. The normalized spacial score (nSPS) is 10.9. The summed E-state index contributed by atoms with van der Waals surface area (Å²) < 4.78 is 7.49. The summed E-state index contributed by atoms with van der Waals surface area (Å²) in [4.78, 5) is 12.3. The van der Waals surface area contributed by atoms with E-state index in [4.69, 9.17) is 9.84 Å². The number of ether oxygens (including phenoxy) is 1. The lowest BCUT2D eigenvalue weighted by molar-refractivity contribution is -0.116. The maximum atomic E-state index is 12.3. The van der Waals surface area contributed by atoms with Gasteiger partial charge in [-0.25, -0.2) is 4.68 Å². The second-order valence-electron chi connectivity index (χ2n) is 7.11. The number of carbonyl (C=O) groups is 1. The van der Waals surface area contributed by atoms with Gasteiger partial charge in [-0.3, -0.25) is 4.79 Å². The lowest BCUT2D eigenvalue weighted by Gasteiger charge is -2.06. The number of nitriles is 1. The van der Waals surface area contributed by atoms with Crippen LogP contribution in [0.3, 0.4) is 0 Å². The Morgan fingerprint density at radius 2 is 1.97 bits per heavy atom. The average Bonchev–Trinajstić information content (AvgIpc) is 3.26. The Kier molecular flexibility index (Phi) is 7.99. The number of amides is 1. The number of para-hydroxylation sites is 1. The SMILES string of the molecule is C=CCNC(=O)C(C#N)=Cc1cn(-c2ccccc2)nc1-c1ccc(OCCCC)cc1. The quantitative estimate of drug-likeness (QED) is 0.216. The van der Waals surface area contributed by atoms with Crippen LogP contribution in [0.5, 0.6) is 5.75 Å². The second kappa shape index (κ2) is 11.3. The van der Waals surface area contributed by atoms with E-state index >= 15 is 0 Å². The first-order valence-corrected chi connectivity index (χ1v) is 10.6. The Morgan fingerprint density at radius 3 is 2.62 bits per heavy atom. The molecule has 1 amide bonds. The number of nitrogens with one attached hydrogen (secondary N) is 1. The van der Waals surface area contributed by atoms with Crippen LogP contribution in [-0.4, -0.2) is 28.8 Å². The smallest absolute Gasteiger partial charge is 0.262 e. The Labute approximate surface area is 188 Å². The molecule has 0 radical (unpaired) electrons. The van der Waals surface area contributed by atoms with Crippen molar-refractivity contribution in [1.29, 1.82) is 5.26 Å². The zero-order valence-electron chi connectivity index (χ0n) is 18.1. The van der Waals surface area contributed by atoms with Crippen molar-refractivity contribution >= 4 is 12.0 Å². The summed E-state index contributed by atoms with van der Waals surface area (Å²) in [7, 11) is 0. The molecular formula is C26H26N4O2. The van der Waals surface area contributed by atoms with E-state index in [-0.39, 0.29) is 12.1 Å². The van der Waals surface area contributed by atoms with Crippen LogP contribution < -0.4 is 10.1 Å². The molecule has 1 N–H and O–H groups in total. The van der Waals surface area contributed by atoms with Gasteiger partial charge in [0.25, 0.3) is 5.91 Å². The maximum Gasteiger partial charge on any atom is 0.262 e. The largest absolute Gasteiger partial charge is 0.494 e. The van der Waals surface area contributed by atoms with Gasteiger partial charge in [0.2, 0.25) is 0 Å². The van der Waals surface area contributed by atoms with Crippen molar-refractivity contribution in [1.82, 2.24) is 15.1 Å². The van der Waals surface area contributed by atoms with Gasteiger partial charge in [-0.15, -0.1) is 6.58 Å². The van der Waals surface area contributed by atoms with Gasteiger partial charge >= 0.3 is 0 Å². The number of rotatable bonds is 10. The lowest BCUT2D eigenvalue weighted by Crippen LogP contribution is -2.24. The van der Waals surface area contributed by atoms with Gasteiger partial charge in [0.1, 0.15) is 17.4 Å². The van der Waals surface area contributed by atoms with Gasteiger partial charge in [0.05, 0.1) is 18.0 Å². The molecule has 6 heteroatoms. The number of hydrogen-bond donors (Lipinski definition) is 1. The molecule has 0 spiro atoms. The van der Waals surface area contributed by atoms with Crippen molar-refractivity contribution in [3.05, 3.63) is 84.6 Å². The third-order valence-electron chi connectivity index (χ3n) is 4.73. The molecule has 0 unspecified atom stereocenters. The van der Waals surface area contributed by atoms with Crippen LogP contribution in [0.25, 0.3) is 23.0 Å². The van der Waals surface area contributed by atoms with Crippen molar-refractivity contribution < 1.29 is 9.53 Å². The fourth-order valence-electron chi connectivity index (χ4n) is 3.04. The van der Waals surface area contributed by atoms with Crippen molar-refractivity contribution in [2.24, 2.45) is 0 Å². The number of aromatic nitrogens is 2. The molecule has 3 rings (SSSR count). The fraction of sp³-hybridized carbons (Fsp3) is 0.192. The molecule has 162 valence electrons. The summed E-state index contributed by atoms with van der Waals surface area (Å²) in [5.74, 6) is 0.341. The zero-order chi connectivity index (χ0) is 22.8. The lowest BCUT2D eigenvalue weighted by atomic mass is 10.1. The summed E-state index contributed by atoms with van der Waals surface area (Å²) in [5, 5.41) is 16.9. The van der Waals surface area contributed by atoms with Crippen molar-refractivity contribution in [3.63, 3.8) is 0 Å². The first-order valence-electron chi connectivity index (χ1n) is 10.6. The van der Waals surface area contributed by atoms with Gasteiger partial charge in [0.15, 0.2) is 0 Å². The van der Waals surface area contributed by atoms with Gasteiger partial charge in [-0.05, 0) is 48.9 Å². The monoisotopic (exact) mass is 426 g/mol. The van der Waals surface area contributed by atoms with Gasteiger partial charge < -0.3 is 10.1 Å². The first-order chi connectivity index (χ1) is 15.7. The topological polar surface area (TPSA) is 79.9 Å². The Hall–Kier alpha value is -4.11. The molecular weight excluding hydrogens is 400 g/mol. The second-order valence-corrected chi connectivity index (χ2v) is 7.11. The highest BCUT2D eigenvalue weighted by atomic mass is 16.5. The van der Waals surface area contributed by atoms with Crippen LogP contribution in [0, 0.1) is 11.3 Å². The molecule has 0 aliphatic carbocycles. The molecule has 3 aromatic rings. The highest BCUT2D eigenvalue weighted by molar-refractivity contribution is 6.02. The summed E-state index contributed by atoms with van der Waals surface area (Å²) in [6.07, 6.45) is 7.02. The molecule has 0 fully saturated rings. The van der Waals surface area contributed by atoms with E-state index < -0.39 is 5.91 Å². The molecule has 0 bridgehead atoms. The summed E-state index contributed by atoms with van der Waals surface area (Å²) >= 11 is 0. The minimum absolute atomic E-state index is 0.000214.